The van der Waals surface area contributed by atoms with Crippen LogP contribution in [0.15, 0.2) is 48.5 Å². The molecule has 0 N–H and O–H groups in total. The lowest BCUT2D eigenvalue weighted by molar-refractivity contribution is 0.101. The van der Waals surface area contributed by atoms with Gasteiger partial charge in [-0.3, -0.25) is 4.79 Å². The van der Waals surface area contributed by atoms with Crippen molar-refractivity contribution in [3.8, 4) is 11.5 Å². The summed E-state index contributed by atoms with van der Waals surface area (Å²) in [4.78, 5) is 11.2. The summed E-state index contributed by atoms with van der Waals surface area (Å²) >= 11 is 0. The Kier molecular flexibility index (Phi) is 3.24. The third-order valence-electron chi connectivity index (χ3n) is 2.40. The van der Waals surface area contributed by atoms with Crippen molar-refractivity contribution in [3.63, 3.8) is 0 Å². The van der Waals surface area contributed by atoms with Crippen molar-refractivity contribution < 1.29 is 9.53 Å². The van der Waals surface area contributed by atoms with Crippen molar-refractivity contribution in [1.82, 2.24) is 0 Å². The van der Waals surface area contributed by atoms with Crippen LogP contribution in [-0.2, 0) is 0 Å². The molecule has 17 heavy (non-hydrogen) atoms. The molecule has 0 amide bonds. The molecule has 2 rings (SSSR count). The zero-order valence-electron chi connectivity index (χ0n) is 9.64. The molecular weight excluding hydrogens is 212 g/mol. The summed E-state index contributed by atoms with van der Waals surface area (Å²) < 4.78 is 5.64. The van der Waals surface area contributed by atoms with E-state index in [1.54, 1.807) is 12.1 Å². The third-order valence-corrected chi connectivity index (χ3v) is 2.40. The lowest BCUT2D eigenvalue weighted by atomic mass is 10.1. The van der Waals surface area contributed by atoms with E-state index in [1.165, 1.54) is 6.92 Å². The summed E-state index contributed by atoms with van der Waals surface area (Å²) in [7, 11) is 0. The van der Waals surface area contributed by atoms with Crippen LogP contribution in [0.3, 0.4) is 0 Å². The van der Waals surface area contributed by atoms with Crippen molar-refractivity contribution in [2.75, 3.05) is 0 Å². The van der Waals surface area contributed by atoms with Crippen molar-refractivity contribution in [1.29, 1.82) is 0 Å². The van der Waals surface area contributed by atoms with Crippen LogP contribution in [0.2, 0.25) is 0 Å². The van der Waals surface area contributed by atoms with E-state index >= 15 is 0 Å². The predicted molar refractivity (Wildman–Crippen MR) is 67.4 cm³/mol. The summed E-state index contributed by atoms with van der Waals surface area (Å²) in [5.41, 5.74) is 1.59. The Morgan fingerprint density at radius 2 is 1.76 bits per heavy atom. The Balaban J connectivity index is 2.21. The molecule has 0 unspecified atom stereocenters. The molecule has 0 fully saturated rings. The van der Waals surface area contributed by atoms with Gasteiger partial charge in [-0.15, -0.1) is 0 Å². The van der Waals surface area contributed by atoms with Crippen molar-refractivity contribution in [2.45, 2.75) is 6.92 Å². The molecule has 0 bridgehead atoms. The molecule has 85 valence electrons. The zero-order chi connectivity index (χ0) is 12.3. The molecule has 0 aliphatic heterocycles. The number of ketones is 1. The second-order valence-electron chi connectivity index (χ2n) is 3.83. The van der Waals surface area contributed by atoms with Crippen LogP contribution < -0.4 is 4.74 Å². The highest BCUT2D eigenvalue weighted by Crippen LogP contribution is 2.22. The van der Waals surface area contributed by atoms with E-state index in [0.717, 1.165) is 11.3 Å². The van der Waals surface area contributed by atoms with Crippen LogP contribution in [0.1, 0.15) is 22.8 Å². The standard InChI is InChI=1S/C15H13O2/c1-11-6-8-14(9-7-11)17-15-5-3-4-13(10-15)12(2)16/h3-10H,1H2,2H3. The van der Waals surface area contributed by atoms with Crippen molar-refractivity contribution in [2.24, 2.45) is 0 Å². The number of hydrogen-bond donors (Lipinski definition) is 0. The van der Waals surface area contributed by atoms with Gasteiger partial charge in [-0.25, -0.2) is 0 Å². The molecule has 0 atom stereocenters. The lowest BCUT2D eigenvalue weighted by Crippen LogP contribution is -1.92. The maximum atomic E-state index is 11.2. The second-order valence-corrected chi connectivity index (χ2v) is 3.83. The van der Waals surface area contributed by atoms with Gasteiger partial charge < -0.3 is 4.74 Å². The molecule has 2 aromatic carbocycles. The summed E-state index contributed by atoms with van der Waals surface area (Å²) in [6.45, 7) is 5.34. The van der Waals surface area contributed by atoms with Crippen LogP contribution in [-0.4, -0.2) is 5.78 Å². The number of rotatable bonds is 3. The average Bonchev–Trinajstić information content (AvgIpc) is 2.32. The first kappa shape index (κ1) is 11.4. The normalized spacial score (nSPS) is 10.0. The number of ether oxygens (including phenoxy) is 1. The largest absolute Gasteiger partial charge is 0.457 e. The number of carbonyl (C=O) groups excluding carboxylic acids is 1. The van der Waals surface area contributed by atoms with Crippen LogP contribution in [0.5, 0.6) is 11.5 Å². The fraction of sp³-hybridized carbons (Fsp3) is 0.0667. The molecule has 2 aromatic rings. The quantitative estimate of drug-likeness (QED) is 0.741. The van der Waals surface area contributed by atoms with Gasteiger partial charge in [0.15, 0.2) is 5.78 Å². The molecule has 0 aliphatic rings. The minimum atomic E-state index is 0.0311. The van der Waals surface area contributed by atoms with E-state index in [9.17, 15) is 4.79 Å². The van der Waals surface area contributed by atoms with Gasteiger partial charge in [0.1, 0.15) is 11.5 Å². The Morgan fingerprint density at radius 1 is 1.06 bits per heavy atom. The van der Waals surface area contributed by atoms with E-state index < -0.39 is 0 Å². The molecule has 0 aliphatic carbocycles. The predicted octanol–water partition coefficient (Wildman–Crippen LogP) is 3.86. The fourth-order valence-electron chi connectivity index (χ4n) is 1.47. The molecule has 0 spiro atoms. The monoisotopic (exact) mass is 225 g/mol. The highest BCUT2D eigenvalue weighted by Gasteiger charge is 2.02. The van der Waals surface area contributed by atoms with E-state index in [1.807, 2.05) is 36.4 Å². The molecule has 0 aromatic heterocycles. The number of benzene rings is 2. The Hall–Kier alpha value is -2.09. The van der Waals surface area contributed by atoms with Gasteiger partial charge >= 0.3 is 0 Å². The Labute approximate surface area is 101 Å². The number of hydrogen-bond acceptors (Lipinski definition) is 2. The van der Waals surface area contributed by atoms with Crippen LogP contribution in [0.4, 0.5) is 0 Å². The minimum Gasteiger partial charge on any atom is -0.457 e. The molecule has 2 heteroatoms. The third kappa shape index (κ3) is 2.94. The lowest BCUT2D eigenvalue weighted by Gasteiger charge is -2.06. The van der Waals surface area contributed by atoms with E-state index in [0.29, 0.717) is 11.3 Å². The van der Waals surface area contributed by atoms with Crippen LogP contribution >= 0.6 is 0 Å². The second kappa shape index (κ2) is 4.83. The van der Waals surface area contributed by atoms with Gasteiger partial charge in [0.05, 0.1) is 0 Å². The fourth-order valence-corrected chi connectivity index (χ4v) is 1.47. The first-order chi connectivity index (χ1) is 8.15. The first-order valence-corrected chi connectivity index (χ1v) is 5.36. The molecule has 0 saturated carbocycles. The van der Waals surface area contributed by atoms with E-state index in [4.69, 9.17) is 4.74 Å². The van der Waals surface area contributed by atoms with Crippen LogP contribution in [0, 0.1) is 6.92 Å². The SMILES string of the molecule is [CH2]c1ccc(Oc2cccc(C(C)=O)c2)cc1. The molecule has 1 radical (unpaired) electrons. The summed E-state index contributed by atoms with van der Waals surface area (Å²) in [5.74, 6) is 1.43. The van der Waals surface area contributed by atoms with E-state index in [2.05, 4.69) is 6.92 Å². The zero-order valence-corrected chi connectivity index (χ0v) is 9.64. The minimum absolute atomic E-state index is 0.0311. The van der Waals surface area contributed by atoms with E-state index in [-0.39, 0.29) is 5.78 Å². The van der Waals surface area contributed by atoms with Crippen LogP contribution in [0.25, 0.3) is 0 Å². The highest BCUT2D eigenvalue weighted by atomic mass is 16.5. The van der Waals surface area contributed by atoms with Crippen molar-refractivity contribution in [3.05, 3.63) is 66.6 Å². The van der Waals surface area contributed by atoms with Gasteiger partial charge in [0.25, 0.3) is 0 Å². The smallest absolute Gasteiger partial charge is 0.159 e. The topological polar surface area (TPSA) is 26.3 Å². The van der Waals surface area contributed by atoms with Gasteiger partial charge in [-0.1, -0.05) is 24.3 Å². The van der Waals surface area contributed by atoms with Gasteiger partial charge in [-0.2, -0.15) is 0 Å². The number of Topliss-reactive ketones (excluding diaryl/α,β-unsaturated/α-hetero) is 1. The molecule has 2 nitrogen and oxygen atoms in total. The highest BCUT2D eigenvalue weighted by molar-refractivity contribution is 5.94. The molecule has 0 saturated heterocycles. The molecular formula is C15H13O2. The average molecular weight is 225 g/mol. The first-order valence-electron chi connectivity index (χ1n) is 5.36. The maximum absolute atomic E-state index is 11.2. The summed E-state index contributed by atoms with van der Waals surface area (Å²) in [5, 5.41) is 0. The maximum Gasteiger partial charge on any atom is 0.159 e. The Bertz CT molecular complexity index is 527. The van der Waals surface area contributed by atoms with Gasteiger partial charge in [-0.05, 0) is 43.7 Å². The number of carbonyl (C=O) groups is 1. The van der Waals surface area contributed by atoms with Gasteiger partial charge in [0.2, 0.25) is 0 Å². The summed E-state index contributed by atoms with van der Waals surface area (Å²) in [6, 6.07) is 14.6. The Morgan fingerprint density at radius 3 is 2.41 bits per heavy atom. The van der Waals surface area contributed by atoms with Gasteiger partial charge in [0, 0.05) is 5.56 Å². The molecule has 0 heterocycles. The van der Waals surface area contributed by atoms with Crippen molar-refractivity contribution >= 4 is 5.78 Å². The summed E-state index contributed by atoms with van der Waals surface area (Å²) in [6.07, 6.45) is 0.